The zero-order valence-corrected chi connectivity index (χ0v) is 13.7. The van der Waals surface area contributed by atoms with E-state index in [0.29, 0.717) is 17.0 Å². The van der Waals surface area contributed by atoms with Crippen molar-refractivity contribution >= 4 is 5.91 Å². The van der Waals surface area contributed by atoms with E-state index in [9.17, 15) is 4.79 Å². The Morgan fingerprint density at radius 2 is 1.58 bits per heavy atom. The Morgan fingerprint density at radius 3 is 2.31 bits per heavy atom. The molecule has 4 aromatic rings. The molecule has 4 rings (SSSR count). The number of nitrogens with zero attached hydrogens (tertiary/aromatic N) is 4. The van der Waals surface area contributed by atoms with E-state index < -0.39 is 0 Å². The Kier molecular flexibility index (Phi) is 4.22. The van der Waals surface area contributed by atoms with Gasteiger partial charge in [-0.05, 0) is 48.5 Å². The molecule has 0 saturated heterocycles. The predicted molar refractivity (Wildman–Crippen MR) is 95.9 cm³/mol. The summed E-state index contributed by atoms with van der Waals surface area (Å²) in [7, 11) is 0. The van der Waals surface area contributed by atoms with Crippen molar-refractivity contribution in [2.75, 3.05) is 0 Å². The second-order valence-electron chi connectivity index (χ2n) is 5.47. The van der Waals surface area contributed by atoms with E-state index in [4.69, 9.17) is 4.74 Å². The molecule has 0 saturated carbocycles. The van der Waals surface area contributed by atoms with Crippen molar-refractivity contribution in [1.29, 1.82) is 0 Å². The number of hydrogen-bond donors (Lipinski definition) is 0. The van der Waals surface area contributed by atoms with Gasteiger partial charge in [-0.25, -0.2) is 14.6 Å². The first-order chi connectivity index (χ1) is 12.8. The van der Waals surface area contributed by atoms with Crippen LogP contribution in [0.25, 0.3) is 11.3 Å². The molecule has 6 heteroatoms. The lowest BCUT2D eigenvalue weighted by molar-refractivity contribution is 0.0945. The van der Waals surface area contributed by atoms with Crippen molar-refractivity contribution in [2.45, 2.75) is 0 Å². The number of rotatable bonds is 4. The van der Waals surface area contributed by atoms with Crippen LogP contribution in [-0.2, 0) is 0 Å². The summed E-state index contributed by atoms with van der Waals surface area (Å²) in [6, 6.07) is 20.2. The maximum absolute atomic E-state index is 12.4. The Hall–Kier alpha value is -3.80. The number of benzene rings is 2. The normalized spacial score (nSPS) is 10.5. The molecule has 2 aromatic carbocycles. The van der Waals surface area contributed by atoms with E-state index in [1.165, 1.54) is 4.68 Å². The van der Waals surface area contributed by atoms with Crippen molar-refractivity contribution < 1.29 is 9.53 Å². The average Bonchev–Trinajstić information content (AvgIpc) is 3.20. The van der Waals surface area contributed by atoms with Crippen molar-refractivity contribution in [3.05, 3.63) is 90.9 Å². The SMILES string of the molecule is O=C(c1ccccc1)n1ccc(-c2ccc(Oc3ncccn3)cc2)n1. The molecule has 0 aliphatic heterocycles. The van der Waals surface area contributed by atoms with Crippen LogP contribution < -0.4 is 4.74 Å². The first-order valence-electron chi connectivity index (χ1n) is 8.00. The molecule has 0 amide bonds. The van der Waals surface area contributed by atoms with E-state index in [-0.39, 0.29) is 11.9 Å². The van der Waals surface area contributed by atoms with E-state index >= 15 is 0 Å². The molecule has 2 aromatic heterocycles. The van der Waals surface area contributed by atoms with E-state index in [1.807, 2.05) is 42.5 Å². The maximum atomic E-state index is 12.4. The largest absolute Gasteiger partial charge is 0.424 e. The van der Waals surface area contributed by atoms with Gasteiger partial charge in [0.15, 0.2) is 0 Å². The fourth-order valence-electron chi connectivity index (χ4n) is 2.44. The highest BCUT2D eigenvalue weighted by Gasteiger charge is 2.11. The lowest BCUT2D eigenvalue weighted by Crippen LogP contribution is -2.12. The van der Waals surface area contributed by atoms with Gasteiger partial charge in [0, 0.05) is 29.7 Å². The highest BCUT2D eigenvalue weighted by molar-refractivity contribution is 5.95. The zero-order chi connectivity index (χ0) is 17.8. The van der Waals surface area contributed by atoms with E-state index in [0.717, 1.165) is 5.56 Å². The second-order valence-corrected chi connectivity index (χ2v) is 5.47. The van der Waals surface area contributed by atoms with E-state index in [1.54, 1.807) is 42.9 Å². The minimum Gasteiger partial charge on any atom is -0.424 e. The van der Waals surface area contributed by atoms with Gasteiger partial charge in [-0.3, -0.25) is 4.79 Å². The van der Waals surface area contributed by atoms with Crippen molar-refractivity contribution in [3.8, 4) is 23.0 Å². The molecule has 0 aliphatic carbocycles. The van der Waals surface area contributed by atoms with Gasteiger partial charge < -0.3 is 4.74 Å². The van der Waals surface area contributed by atoms with Gasteiger partial charge in [0.2, 0.25) is 0 Å². The summed E-state index contributed by atoms with van der Waals surface area (Å²) in [5.74, 6) is 0.456. The monoisotopic (exact) mass is 342 g/mol. The van der Waals surface area contributed by atoms with Crippen LogP contribution in [0, 0.1) is 0 Å². The van der Waals surface area contributed by atoms with Gasteiger partial charge in [-0.15, -0.1) is 0 Å². The molecule has 0 N–H and O–H groups in total. The fraction of sp³-hybridized carbons (Fsp3) is 0. The summed E-state index contributed by atoms with van der Waals surface area (Å²) >= 11 is 0. The highest BCUT2D eigenvalue weighted by Crippen LogP contribution is 2.23. The minimum atomic E-state index is -0.168. The van der Waals surface area contributed by atoms with Crippen LogP contribution >= 0.6 is 0 Å². The molecule has 0 bridgehead atoms. The molecule has 26 heavy (non-hydrogen) atoms. The first-order valence-corrected chi connectivity index (χ1v) is 8.00. The first kappa shape index (κ1) is 15.7. The van der Waals surface area contributed by atoms with Crippen LogP contribution in [0.5, 0.6) is 11.8 Å². The van der Waals surface area contributed by atoms with Gasteiger partial charge in [-0.2, -0.15) is 5.10 Å². The molecular weight excluding hydrogens is 328 g/mol. The summed E-state index contributed by atoms with van der Waals surface area (Å²) in [5, 5.41) is 4.37. The summed E-state index contributed by atoms with van der Waals surface area (Å²) in [4.78, 5) is 20.5. The molecule has 0 unspecified atom stereocenters. The van der Waals surface area contributed by atoms with Gasteiger partial charge in [0.25, 0.3) is 5.91 Å². The summed E-state index contributed by atoms with van der Waals surface area (Å²) in [5.41, 5.74) is 2.18. The molecule has 0 radical (unpaired) electrons. The minimum absolute atomic E-state index is 0.168. The third-order valence-electron chi connectivity index (χ3n) is 3.72. The molecule has 2 heterocycles. The number of carbonyl (C=O) groups is 1. The van der Waals surface area contributed by atoms with Crippen LogP contribution in [0.15, 0.2) is 85.3 Å². The molecule has 0 aliphatic rings. The number of hydrogen-bond acceptors (Lipinski definition) is 5. The molecule has 0 spiro atoms. The van der Waals surface area contributed by atoms with Crippen LogP contribution in [0.2, 0.25) is 0 Å². The third kappa shape index (κ3) is 3.34. The predicted octanol–water partition coefficient (Wildman–Crippen LogP) is 3.82. The zero-order valence-electron chi connectivity index (χ0n) is 13.7. The third-order valence-corrected chi connectivity index (χ3v) is 3.72. The van der Waals surface area contributed by atoms with E-state index in [2.05, 4.69) is 15.1 Å². The molecule has 0 atom stereocenters. The lowest BCUT2D eigenvalue weighted by Gasteiger charge is -2.04. The van der Waals surface area contributed by atoms with Crippen LogP contribution in [0.1, 0.15) is 10.4 Å². The van der Waals surface area contributed by atoms with Crippen molar-refractivity contribution in [2.24, 2.45) is 0 Å². The quantitative estimate of drug-likeness (QED) is 0.564. The van der Waals surface area contributed by atoms with Crippen molar-refractivity contribution in [1.82, 2.24) is 19.7 Å². The number of aromatic nitrogens is 4. The van der Waals surface area contributed by atoms with Crippen LogP contribution in [0.3, 0.4) is 0 Å². The van der Waals surface area contributed by atoms with Crippen molar-refractivity contribution in [3.63, 3.8) is 0 Å². The Morgan fingerprint density at radius 1 is 0.846 bits per heavy atom. The maximum Gasteiger partial charge on any atom is 0.321 e. The molecule has 0 fully saturated rings. The second kappa shape index (κ2) is 6.98. The molecule has 6 nitrogen and oxygen atoms in total. The summed E-state index contributed by atoms with van der Waals surface area (Å²) in [6.45, 7) is 0. The topological polar surface area (TPSA) is 69.9 Å². The Labute approximate surface area is 149 Å². The molecular formula is C20H14N4O2. The fourth-order valence-corrected chi connectivity index (χ4v) is 2.44. The lowest BCUT2D eigenvalue weighted by atomic mass is 10.1. The Balaban J connectivity index is 1.52. The van der Waals surface area contributed by atoms with Crippen LogP contribution in [0.4, 0.5) is 0 Å². The van der Waals surface area contributed by atoms with Gasteiger partial charge >= 0.3 is 6.01 Å². The highest BCUT2D eigenvalue weighted by atomic mass is 16.5. The summed E-state index contributed by atoms with van der Waals surface area (Å²) < 4.78 is 6.91. The average molecular weight is 342 g/mol. The standard InChI is InChI=1S/C20H14N4O2/c25-19(16-5-2-1-3-6-16)24-14-11-18(23-24)15-7-9-17(10-8-15)26-20-21-12-4-13-22-20/h1-14H. The summed E-state index contributed by atoms with van der Waals surface area (Å²) in [6.07, 6.45) is 4.90. The Bertz CT molecular complexity index is 1010. The van der Waals surface area contributed by atoms with Crippen LogP contribution in [-0.4, -0.2) is 25.7 Å². The van der Waals surface area contributed by atoms with Gasteiger partial charge in [0.1, 0.15) is 5.75 Å². The number of ether oxygens (including phenoxy) is 1. The number of carbonyl (C=O) groups excluding carboxylic acids is 1. The molecule has 126 valence electrons. The smallest absolute Gasteiger partial charge is 0.321 e. The van der Waals surface area contributed by atoms with Gasteiger partial charge in [0.05, 0.1) is 5.69 Å². The van der Waals surface area contributed by atoms with Gasteiger partial charge in [-0.1, -0.05) is 18.2 Å².